The van der Waals surface area contributed by atoms with E-state index in [2.05, 4.69) is 10.3 Å². The Morgan fingerprint density at radius 2 is 2.24 bits per heavy atom. The van der Waals surface area contributed by atoms with Crippen LogP contribution in [0.5, 0.6) is 5.75 Å². The smallest absolute Gasteiger partial charge is 0.408 e. The minimum absolute atomic E-state index is 0.0289. The van der Waals surface area contributed by atoms with E-state index in [0.717, 1.165) is 0 Å². The lowest BCUT2D eigenvalue weighted by atomic mass is 10.2. The maximum absolute atomic E-state index is 12.3. The van der Waals surface area contributed by atoms with Gasteiger partial charge < -0.3 is 14.8 Å². The lowest BCUT2D eigenvalue weighted by Gasteiger charge is -2.23. The maximum atomic E-state index is 12.3. The molecule has 1 unspecified atom stereocenters. The van der Waals surface area contributed by atoms with Gasteiger partial charge in [0.15, 0.2) is 11.6 Å². The number of ether oxygens (including phenoxy) is 2. The van der Waals surface area contributed by atoms with Gasteiger partial charge in [-0.15, -0.1) is 0 Å². The van der Waals surface area contributed by atoms with Crippen molar-refractivity contribution in [2.75, 3.05) is 18.6 Å². The fraction of sp³-hybridized carbons (Fsp3) is 0.500. The highest BCUT2D eigenvalue weighted by molar-refractivity contribution is 5.99. The molecule has 2 amide bonds. The van der Waals surface area contributed by atoms with Crippen LogP contribution in [0.15, 0.2) is 18.3 Å². The van der Waals surface area contributed by atoms with Crippen LogP contribution in [0.1, 0.15) is 20.8 Å². The van der Waals surface area contributed by atoms with Crippen LogP contribution in [0.4, 0.5) is 10.6 Å². The molecule has 0 bridgehead atoms. The number of amides is 2. The molecule has 0 radical (unpaired) electrons. The van der Waals surface area contributed by atoms with E-state index in [9.17, 15) is 9.59 Å². The van der Waals surface area contributed by atoms with E-state index in [-0.39, 0.29) is 12.5 Å². The van der Waals surface area contributed by atoms with Crippen LogP contribution >= 0.6 is 0 Å². The van der Waals surface area contributed by atoms with Gasteiger partial charge in [-0.3, -0.25) is 9.69 Å². The second-order valence-corrected chi connectivity index (χ2v) is 5.73. The number of aromatic nitrogens is 1. The van der Waals surface area contributed by atoms with Crippen molar-refractivity contribution in [3.63, 3.8) is 0 Å². The molecule has 1 aliphatic rings. The highest BCUT2D eigenvalue weighted by Crippen LogP contribution is 2.27. The number of rotatable bonds is 1. The van der Waals surface area contributed by atoms with Gasteiger partial charge in [0.25, 0.3) is 5.91 Å². The number of pyridine rings is 1. The molecule has 0 aromatic carbocycles. The van der Waals surface area contributed by atoms with Crippen molar-refractivity contribution < 1.29 is 19.1 Å². The number of carbonyl (C=O) groups is 2. The molecule has 0 spiro atoms. The second kappa shape index (κ2) is 5.59. The summed E-state index contributed by atoms with van der Waals surface area (Å²) in [6.07, 6.45) is 0.921. The molecule has 7 heteroatoms. The largest absolute Gasteiger partial charge is 0.487 e. The van der Waals surface area contributed by atoms with Gasteiger partial charge in [0.05, 0.1) is 0 Å². The van der Waals surface area contributed by atoms with Crippen LogP contribution in [0, 0.1) is 0 Å². The van der Waals surface area contributed by atoms with Gasteiger partial charge >= 0.3 is 6.09 Å². The summed E-state index contributed by atoms with van der Waals surface area (Å²) in [5, 5.41) is 2.53. The van der Waals surface area contributed by atoms with Crippen molar-refractivity contribution in [2.45, 2.75) is 32.4 Å². The molecule has 114 valence electrons. The standard InChI is InChI=1S/C14H19N3O4/c1-14(2,3)21-13(19)16-9-8-20-10-6-5-7-15-11(10)17(4)12(9)18/h5-7,9H,8H2,1-4H3,(H,16,19). The van der Waals surface area contributed by atoms with Crippen LogP contribution in [0.25, 0.3) is 0 Å². The SMILES string of the molecule is CN1C(=O)C(NC(=O)OC(C)(C)C)COc2cccnc21. The molecule has 0 saturated carbocycles. The van der Waals surface area contributed by atoms with Crippen molar-refractivity contribution in [2.24, 2.45) is 0 Å². The Balaban J connectivity index is 2.11. The fourth-order valence-corrected chi connectivity index (χ4v) is 1.88. The van der Waals surface area contributed by atoms with Crippen molar-refractivity contribution >= 4 is 17.8 Å². The van der Waals surface area contributed by atoms with Gasteiger partial charge in [0, 0.05) is 13.2 Å². The molecule has 0 saturated heterocycles. The molecule has 1 aromatic heterocycles. The Hall–Kier alpha value is -2.31. The third kappa shape index (κ3) is 3.62. The average molecular weight is 293 g/mol. The number of anilines is 1. The average Bonchev–Trinajstić information content (AvgIpc) is 2.50. The maximum Gasteiger partial charge on any atom is 0.408 e. The molecular weight excluding hydrogens is 274 g/mol. The lowest BCUT2D eigenvalue weighted by Crippen LogP contribution is -2.50. The van der Waals surface area contributed by atoms with Crippen molar-refractivity contribution in [1.82, 2.24) is 10.3 Å². The molecule has 21 heavy (non-hydrogen) atoms. The van der Waals surface area contributed by atoms with E-state index < -0.39 is 17.7 Å². The van der Waals surface area contributed by atoms with Crippen molar-refractivity contribution in [3.8, 4) is 5.75 Å². The van der Waals surface area contributed by atoms with E-state index in [1.165, 1.54) is 4.90 Å². The number of nitrogens with zero attached hydrogens (tertiary/aromatic N) is 2. The first-order valence-corrected chi connectivity index (χ1v) is 6.63. The zero-order chi connectivity index (χ0) is 15.6. The van der Waals surface area contributed by atoms with E-state index in [4.69, 9.17) is 9.47 Å². The minimum atomic E-state index is -0.820. The zero-order valence-corrected chi connectivity index (χ0v) is 12.5. The van der Waals surface area contributed by atoms with E-state index in [1.807, 2.05) is 0 Å². The summed E-state index contributed by atoms with van der Waals surface area (Å²) in [5.41, 5.74) is -0.630. The number of hydrogen-bond acceptors (Lipinski definition) is 5. The zero-order valence-electron chi connectivity index (χ0n) is 12.5. The monoisotopic (exact) mass is 293 g/mol. The number of likely N-dealkylation sites (N-methyl/N-ethyl adjacent to an activating group) is 1. The number of alkyl carbamates (subject to hydrolysis) is 1. The normalized spacial score (nSPS) is 18.4. The fourth-order valence-electron chi connectivity index (χ4n) is 1.88. The molecular formula is C14H19N3O4. The molecule has 1 atom stereocenters. The third-order valence-electron chi connectivity index (χ3n) is 2.79. The molecule has 0 aliphatic carbocycles. The van der Waals surface area contributed by atoms with Crippen LogP contribution in [0.3, 0.4) is 0 Å². The van der Waals surface area contributed by atoms with Crippen LogP contribution < -0.4 is 15.0 Å². The predicted octanol–water partition coefficient (Wildman–Crippen LogP) is 1.33. The lowest BCUT2D eigenvalue weighted by molar-refractivity contribution is -0.120. The van der Waals surface area contributed by atoms with Gasteiger partial charge in [0.2, 0.25) is 0 Å². The summed E-state index contributed by atoms with van der Waals surface area (Å²) in [6, 6.07) is 2.62. The van der Waals surface area contributed by atoms with Crippen molar-refractivity contribution in [3.05, 3.63) is 18.3 Å². The number of hydrogen-bond donors (Lipinski definition) is 1. The van der Waals surface area contributed by atoms with Crippen LogP contribution in [-0.4, -0.2) is 42.3 Å². The third-order valence-corrected chi connectivity index (χ3v) is 2.79. The van der Waals surface area contributed by atoms with E-state index in [0.29, 0.717) is 11.6 Å². The quantitative estimate of drug-likeness (QED) is 0.845. The van der Waals surface area contributed by atoms with Crippen molar-refractivity contribution in [1.29, 1.82) is 0 Å². The minimum Gasteiger partial charge on any atom is -0.487 e. The number of nitrogens with one attached hydrogen (secondary N) is 1. The van der Waals surface area contributed by atoms with Crippen LogP contribution in [0.2, 0.25) is 0 Å². The van der Waals surface area contributed by atoms with Gasteiger partial charge in [-0.2, -0.15) is 0 Å². The Morgan fingerprint density at radius 1 is 1.52 bits per heavy atom. The van der Waals surface area contributed by atoms with Gasteiger partial charge in [-0.25, -0.2) is 9.78 Å². The number of carbonyl (C=O) groups excluding carboxylic acids is 2. The van der Waals surface area contributed by atoms with Crippen LogP contribution in [-0.2, 0) is 9.53 Å². The second-order valence-electron chi connectivity index (χ2n) is 5.73. The number of fused-ring (bicyclic) bond motifs is 1. The summed E-state index contributed by atoms with van der Waals surface area (Å²) in [6.45, 7) is 5.29. The molecule has 1 aromatic rings. The van der Waals surface area contributed by atoms with Gasteiger partial charge in [0.1, 0.15) is 18.2 Å². The Kier molecular flexibility index (Phi) is 4.02. The first-order valence-electron chi connectivity index (χ1n) is 6.63. The Morgan fingerprint density at radius 3 is 2.90 bits per heavy atom. The molecule has 2 heterocycles. The van der Waals surface area contributed by atoms with Gasteiger partial charge in [-0.1, -0.05) is 0 Å². The molecule has 1 aliphatic heterocycles. The highest BCUT2D eigenvalue weighted by Gasteiger charge is 2.32. The molecule has 1 N–H and O–H groups in total. The first-order chi connectivity index (χ1) is 9.78. The summed E-state index contributed by atoms with van der Waals surface area (Å²) in [7, 11) is 1.59. The topological polar surface area (TPSA) is 80.8 Å². The predicted molar refractivity (Wildman–Crippen MR) is 76.3 cm³/mol. The molecule has 7 nitrogen and oxygen atoms in total. The summed E-state index contributed by atoms with van der Waals surface area (Å²) in [4.78, 5) is 29.6. The van der Waals surface area contributed by atoms with E-state index in [1.54, 1.807) is 46.1 Å². The summed E-state index contributed by atoms with van der Waals surface area (Å²) < 4.78 is 10.7. The Labute approximate surface area is 123 Å². The first kappa shape index (κ1) is 15.1. The summed E-state index contributed by atoms with van der Waals surface area (Å²) in [5.74, 6) is 0.621. The summed E-state index contributed by atoms with van der Waals surface area (Å²) >= 11 is 0. The molecule has 2 rings (SSSR count). The molecule has 0 fully saturated rings. The van der Waals surface area contributed by atoms with E-state index >= 15 is 0 Å². The van der Waals surface area contributed by atoms with Gasteiger partial charge in [-0.05, 0) is 32.9 Å². The Bertz CT molecular complexity index is 553. The highest BCUT2D eigenvalue weighted by atomic mass is 16.6.